The lowest BCUT2D eigenvalue weighted by Gasteiger charge is -2.22. The third-order valence-corrected chi connectivity index (χ3v) is 6.20. The molecule has 2 aromatic rings. The average Bonchev–Trinajstić information content (AvgIpc) is 3.24. The molecule has 1 aliphatic heterocycles. The standard InChI is InChI=1S/C16H19N3O5S/c1-2-4-13-11-15(17-24-13)16-5-3-10-18(16)25(22,23)14-8-6-12(7-9-14)19(20)21/h6-9,11,16H,2-5,10H2,1H3/t16-/m0/s1. The maximum Gasteiger partial charge on any atom is 0.269 e. The van der Waals surface area contributed by atoms with E-state index >= 15 is 0 Å². The van der Waals surface area contributed by atoms with Gasteiger partial charge >= 0.3 is 0 Å². The Morgan fingerprint density at radius 3 is 2.72 bits per heavy atom. The summed E-state index contributed by atoms with van der Waals surface area (Å²) in [5, 5.41) is 14.8. The van der Waals surface area contributed by atoms with Gasteiger partial charge in [-0.2, -0.15) is 4.31 Å². The van der Waals surface area contributed by atoms with Crippen molar-refractivity contribution in [3.8, 4) is 0 Å². The molecular formula is C16H19N3O5S. The smallest absolute Gasteiger partial charge is 0.269 e. The zero-order valence-corrected chi connectivity index (χ0v) is 14.6. The van der Waals surface area contributed by atoms with Gasteiger partial charge in [-0.25, -0.2) is 8.42 Å². The van der Waals surface area contributed by atoms with Crippen LogP contribution in [0, 0.1) is 10.1 Å². The Balaban J connectivity index is 1.88. The number of nitro groups is 1. The van der Waals surface area contributed by atoms with Gasteiger partial charge in [-0.05, 0) is 31.4 Å². The molecule has 0 unspecified atom stereocenters. The van der Waals surface area contributed by atoms with Gasteiger partial charge in [0.1, 0.15) is 11.5 Å². The lowest BCUT2D eigenvalue weighted by molar-refractivity contribution is -0.384. The molecule has 1 aromatic heterocycles. The van der Waals surface area contributed by atoms with Crippen LogP contribution in [0.15, 0.2) is 39.8 Å². The molecule has 1 atom stereocenters. The molecule has 134 valence electrons. The van der Waals surface area contributed by atoms with Crippen LogP contribution in [0.1, 0.15) is 43.7 Å². The predicted octanol–water partition coefficient (Wildman–Crippen LogP) is 3.06. The van der Waals surface area contributed by atoms with Crippen molar-refractivity contribution < 1.29 is 17.9 Å². The molecule has 1 saturated heterocycles. The summed E-state index contributed by atoms with van der Waals surface area (Å²) in [6.07, 6.45) is 3.08. The molecule has 0 saturated carbocycles. The molecule has 9 heteroatoms. The lowest BCUT2D eigenvalue weighted by atomic mass is 10.1. The first-order valence-electron chi connectivity index (χ1n) is 8.15. The number of benzene rings is 1. The molecular weight excluding hydrogens is 346 g/mol. The topological polar surface area (TPSA) is 107 Å². The second-order valence-corrected chi connectivity index (χ2v) is 7.88. The Labute approximate surface area is 145 Å². The first kappa shape index (κ1) is 17.6. The van der Waals surface area contributed by atoms with Crippen molar-refractivity contribution in [2.24, 2.45) is 0 Å². The molecule has 0 N–H and O–H groups in total. The predicted molar refractivity (Wildman–Crippen MR) is 89.5 cm³/mol. The normalized spacial score (nSPS) is 18.5. The molecule has 3 rings (SSSR count). The summed E-state index contributed by atoms with van der Waals surface area (Å²) in [5.41, 5.74) is 0.476. The molecule has 0 bridgehead atoms. The molecule has 0 amide bonds. The number of hydrogen-bond acceptors (Lipinski definition) is 6. The second-order valence-electron chi connectivity index (χ2n) is 5.99. The Bertz CT molecular complexity index is 860. The van der Waals surface area contributed by atoms with E-state index in [9.17, 15) is 18.5 Å². The van der Waals surface area contributed by atoms with E-state index in [1.165, 1.54) is 28.6 Å². The van der Waals surface area contributed by atoms with Crippen molar-refractivity contribution in [1.29, 1.82) is 0 Å². The van der Waals surface area contributed by atoms with Gasteiger partial charge in [0.05, 0.1) is 15.9 Å². The third-order valence-electron chi connectivity index (χ3n) is 4.27. The van der Waals surface area contributed by atoms with Crippen LogP contribution in [-0.2, 0) is 16.4 Å². The number of sulfonamides is 1. The number of nitrogens with zero attached hydrogens (tertiary/aromatic N) is 3. The van der Waals surface area contributed by atoms with Gasteiger partial charge < -0.3 is 4.52 Å². The van der Waals surface area contributed by atoms with Crippen molar-refractivity contribution in [3.63, 3.8) is 0 Å². The fraction of sp³-hybridized carbons (Fsp3) is 0.438. The summed E-state index contributed by atoms with van der Waals surface area (Å²) in [5.74, 6) is 0.747. The van der Waals surface area contributed by atoms with Crippen LogP contribution in [0.2, 0.25) is 0 Å². The summed E-state index contributed by atoms with van der Waals surface area (Å²) in [6, 6.07) is 6.40. The van der Waals surface area contributed by atoms with Crippen LogP contribution in [0.3, 0.4) is 0 Å². The zero-order valence-electron chi connectivity index (χ0n) is 13.8. The Morgan fingerprint density at radius 1 is 1.36 bits per heavy atom. The van der Waals surface area contributed by atoms with E-state index in [1.54, 1.807) is 0 Å². The van der Waals surface area contributed by atoms with Crippen molar-refractivity contribution >= 4 is 15.7 Å². The fourth-order valence-electron chi connectivity index (χ4n) is 3.05. The van der Waals surface area contributed by atoms with Crippen LogP contribution < -0.4 is 0 Å². The van der Waals surface area contributed by atoms with Gasteiger partial charge in [-0.1, -0.05) is 12.1 Å². The number of aromatic nitrogens is 1. The number of nitro benzene ring substituents is 1. The van der Waals surface area contributed by atoms with Crippen molar-refractivity contribution in [2.45, 2.75) is 43.5 Å². The molecule has 25 heavy (non-hydrogen) atoms. The third kappa shape index (κ3) is 3.42. The second kappa shape index (κ2) is 6.93. The Kier molecular flexibility index (Phi) is 4.87. The maximum atomic E-state index is 12.9. The van der Waals surface area contributed by atoms with Crippen molar-refractivity contribution in [3.05, 3.63) is 51.9 Å². The SMILES string of the molecule is CCCc1cc([C@@H]2CCCN2S(=O)(=O)c2ccc([N+](=O)[O-])cc2)no1. The summed E-state index contributed by atoms with van der Waals surface area (Å²) in [4.78, 5) is 10.2. The van der Waals surface area contributed by atoms with E-state index in [0.717, 1.165) is 25.0 Å². The van der Waals surface area contributed by atoms with Gasteiger partial charge in [0.25, 0.3) is 5.69 Å². The molecule has 1 fully saturated rings. The van der Waals surface area contributed by atoms with Gasteiger partial charge in [0.2, 0.25) is 10.0 Å². The van der Waals surface area contributed by atoms with Gasteiger partial charge in [-0.3, -0.25) is 10.1 Å². The van der Waals surface area contributed by atoms with E-state index < -0.39 is 14.9 Å². The van der Waals surface area contributed by atoms with E-state index in [-0.39, 0.29) is 16.6 Å². The van der Waals surface area contributed by atoms with Crippen LogP contribution in [0.5, 0.6) is 0 Å². The van der Waals surface area contributed by atoms with E-state index in [4.69, 9.17) is 4.52 Å². The minimum absolute atomic E-state index is 0.0438. The molecule has 0 radical (unpaired) electrons. The van der Waals surface area contributed by atoms with Gasteiger partial charge in [0, 0.05) is 31.2 Å². The summed E-state index contributed by atoms with van der Waals surface area (Å²) >= 11 is 0. The quantitative estimate of drug-likeness (QED) is 0.575. The van der Waals surface area contributed by atoms with Crippen LogP contribution >= 0.6 is 0 Å². The number of aryl methyl sites for hydroxylation is 1. The first-order valence-corrected chi connectivity index (χ1v) is 9.59. The van der Waals surface area contributed by atoms with Crippen LogP contribution in [-0.4, -0.2) is 29.3 Å². The van der Waals surface area contributed by atoms with Crippen LogP contribution in [0.25, 0.3) is 0 Å². The monoisotopic (exact) mass is 365 g/mol. The minimum Gasteiger partial charge on any atom is -0.361 e. The maximum absolute atomic E-state index is 12.9. The summed E-state index contributed by atoms with van der Waals surface area (Å²) < 4.78 is 32.5. The number of non-ortho nitro benzene ring substituents is 1. The molecule has 2 heterocycles. The Hall–Kier alpha value is -2.26. The highest BCUT2D eigenvalue weighted by atomic mass is 32.2. The van der Waals surface area contributed by atoms with Crippen molar-refractivity contribution in [1.82, 2.24) is 9.46 Å². The van der Waals surface area contributed by atoms with Gasteiger partial charge in [0.15, 0.2) is 0 Å². The highest BCUT2D eigenvalue weighted by molar-refractivity contribution is 7.89. The highest BCUT2D eigenvalue weighted by Crippen LogP contribution is 2.36. The minimum atomic E-state index is -3.75. The molecule has 8 nitrogen and oxygen atoms in total. The largest absolute Gasteiger partial charge is 0.361 e. The molecule has 1 aliphatic rings. The highest BCUT2D eigenvalue weighted by Gasteiger charge is 2.38. The Morgan fingerprint density at radius 2 is 2.08 bits per heavy atom. The molecule has 0 spiro atoms. The summed E-state index contributed by atoms with van der Waals surface area (Å²) in [6.45, 7) is 2.42. The van der Waals surface area contributed by atoms with Gasteiger partial charge in [-0.15, -0.1) is 0 Å². The fourth-order valence-corrected chi connectivity index (χ4v) is 4.72. The first-order chi connectivity index (χ1) is 11.9. The summed E-state index contributed by atoms with van der Waals surface area (Å²) in [7, 11) is -3.75. The zero-order chi connectivity index (χ0) is 18.0. The lowest BCUT2D eigenvalue weighted by Crippen LogP contribution is -2.30. The average molecular weight is 365 g/mol. The van der Waals surface area contributed by atoms with E-state index in [0.29, 0.717) is 18.7 Å². The number of rotatable bonds is 6. The van der Waals surface area contributed by atoms with E-state index in [2.05, 4.69) is 5.16 Å². The van der Waals surface area contributed by atoms with Crippen LogP contribution in [0.4, 0.5) is 5.69 Å². The van der Waals surface area contributed by atoms with Crippen molar-refractivity contribution in [2.75, 3.05) is 6.54 Å². The number of hydrogen-bond donors (Lipinski definition) is 0. The van der Waals surface area contributed by atoms with E-state index in [1.807, 2.05) is 13.0 Å². The molecule has 0 aliphatic carbocycles. The molecule has 1 aromatic carbocycles.